The molecule has 0 N–H and O–H groups in total. The van der Waals surface area contributed by atoms with Crippen LogP contribution in [0, 0.1) is 27.7 Å². The predicted molar refractivity (Wildman–Crippen MR) is 364 cm³/mol. The van der Waals surface area contributed by atoms with Crippen LogP contribution in [0.2, 0.25) is 0 Å². The van der Waals surface area contributed by atoms with E-state index in [1.807, 2.05) is 0 Å². The van der Waals surface area contributed by atoms with Crippen LogP contribution < -0.4 is 0 Å². The molecule has 0 saturated heterocycles. The van der Waals surface area contributed by atoms with Gasteiger partial charge in [0, 0.05) is 33.3 Å². The summed E-state index contributed by atoms with van der Waals surface area (Å²) in [5, 5.41) is 4.82. The van der Waals surface area contributed by atoms with Crippen molar-refractivity contribution in [3.05, 3.63) is 251 Å². The third-order valence-corrected chi connectivity index (χ3v) is 17.9. The Balaban J connectivity index is 1.11. The molecule has 420 valence electrons. The summed E-state index contributed by atoms with van der Waals surface area (Å²) in [5.74, 6) is 0. The topological polar surface area (TPSA) is 9.86 Å². The smallest absolute Gasteiger partial charge is 0.0619 e. The van der Waals surface area contributed by atoms with Crippen molar-refractivity contribution in [1.29, 1.82) is 0 Å². The van der Waals surface area contributed by atoms with Crippen molar-refractivity contribution in [2.45, 2.75) is 132 Å². The molecular formula is C82H82N2. The van der Waals surface area contributed by atoms with E-state index in [9.17, 15) is 0 Å². The van der Waals surface area contributed by atoms with E-state index in [0.717, 1.165) is 11.4 Å². The lowest BCUT2D eigenvalue weighted by molar-refractivity contribution is 0.590. The largest absolute Gasteiger partial charge is 0.309 e. The molecular weight excluding hydrogens is 1010 g/mol. The first-order valence-electron chi connectivity index (χ1n) is 30.3. The average Bonchev–Trinajstić information content (AvgIpc) is 2.21. The number of benzene rings is 10. The van der Waals surface area contributed by atoms with Crippen molar-refractivity contribution >= 4 is 32.6 Å². The molecule has 12 rings (SSSR count). The fraction of sp³-hybridized carbons (Fsp3) is 0.244. The third-order valence-electron chi connectivity index (χ3n) is 17.9. The van der Waals surface area contributed by atoms with E-state index in [4.69, 9.17) is 0 Å². The highest BCUT2D eigenvalue weighted by molar-refractivity contribution is 6.09. The Morgan fingerprint density at radius 1 is 0.250 bits per heavy atom. The number of aromatic nitrogens is 2. The normalized spacial score (nSPS) is 12.5. The third kappa shape index (κ3) is 10.1. The van der Waals surface area contributed by atoms with Crippen molar-refractivity contribution in [2.24, 2.45) is 0 Å². The molecule has 0 atom stereocenters. The van der Waals surface area contributed by atoms with E-state index in [2.05, 4.69) is 326 Å². The fourth-order valence-corrected chi connectivity index (χ4v) is 13.1. The first-order chi connectivity index (χ1) is 39.8. The Morgan fingerprint density at radius 3 is 0.810 bits per heavy atom. The average molecular weight is 1100 g/mol. The summed E-state index contributed by atoms with van der Waals surface area (Å²) in [6.07, 6.45) is 0. The van der Waals surface area contributed by atoms with Crippen LogP contribution in [0.4, 0.5) is 0 Å². The lowest BCUT2D eigenvalue weighted by Gasteiger charge is -2.21. The molecule has 0 fully saturated rings. The quantitative estimate of drug-likeness (QED) is 0.144. The van der Waals surface area contributed by atoms with Crippen LogP contribution in [0.5, 0.6) is 0 Å². The minimum Gasteiger partial charge on any atom is -0.309 e. The molecule has 0 saturated carbocycles. The van der Waals surface area contributed by atoms with E-state index in [1.165, 1.54) is 144 Å². The van der Waals surface area contributed by atoms with Crippen molar-refractivity contribution in [3.8, 4) is 78.4 Å². The van der Waals surface area contributed by atoms with Crippen molar-refractivity contribution in [1.82, 2.24) is 9.13 Å². The van der Waals surface area contributed by atoms with Crippen molar-refractivity contribution < 1.29 is 0 Å². The van der Waals surface area contributed by atoms with Crippen LogP contribution in [0.25, 0.3) is 111 Å². The van der Waals surface area contributed by atoms with Crippen LogP contribution >= 0.6 is 0 Å². The number of rotatable bonds is 8. The van der Waals surface area contributed by atoms with E-state index < -0.39 is 0 Å². The van der Waals surface area contributed by atoms with Crippen LogP contribution in [-0.2, 0) is 21.7 Å². The maximum absolute atomic E-state index is 2.54. The second-order valence-corrected chi connectivity index (χ2v) is 28.1. The summed E-state index contributed by atoms with van der Waals surface area (Å²) in [4.78, 5) is 0. The maximum atomic E-state index is 2.54. The number of nitrogens with zero attached hydrogens (tertiary/aromatic N) is 2. The number of aryl methyl sites for hydroxylation is 4. The summed E-state index contributed by atoms with van der Waals surface area (Å²) < 4.78 is 5.08. The Hall–Kier alpha value is -8.46. The van der Waals surface area contributed by atoms with Gasteiger partial charge in [0.25, 0.3) is 0 Å². The molecule has 2 heterocycles. The van der Waals surface area contributed by atoms with Gasteiger partial charge in [0.05, 0.1) is 22.4 Å². The minimum atomic E-state index is 0.0154. The van der Waals surface area contributed by atoms with Gasteiger partial charge in [-0.05, 0) is 198 Å². The minimum absolute atomic E-state index is 0.0154. The SMILES string of the molecule is Cc1cccc(C)c1-c1ccc2c(c1)c(-c1ccc(C(C)(C)C)cc1)c(-c1ccc(C(C)(C)C)cc1)n2-c1ccc2cc(-n3c(-c4ccc(C(C)(C)C)cc4)c(-c4ccc(C(C)(C)C)cc4)c4cc(-c5c(C)cccc5C)ccc43)ccc2c1. The first-order valence-corrected chi connectivity index (χ1v) is 30.3. The monoisotopic (exact) mass is 1090 g/mol. The molecule has 2 heteroatoms. The summed E-state index contributed by atoms with van der Waals surface area (Å²) in [5.41, 5.74) is 29.8. The van der Waals surface area contributed by atoms with E-state index in [-0.39, 0.29) is 21.7 Å². The van der Waals surface area contributed by atoms with E-state index in [0.29, 0.717) is 0 Å². The molecule has 0 radical (unpaired) electrons. The predicted octanol–water partition coefficient (Wildman–Crippen LogP) is 23.2. The zero-order valence-corrected chi connectivity index (χ0v) is 52.5. The van der Waals surface area contributed by atoms with Gasteiger partial charge in [0.1, 0.15) is 0 Å². The van der Waals surface area contributed by atoms with Gasteiger partial charge in [-0.15, -0.1) is 0 Å². The fourth-order valence-electron chi connectivity index (χ4n) is 13.1. The molecule has 0 aliphatic carbocycles. The van der Waals surface area contributed by atoms with Gasteiger partial charge in [-0.2, -0.15) is 0 Å². The van der Waals surface area contributed by atoms with Gasteiger partial charge >= 0.3 is 0 Å². The maximum Gasteiger partial charge on any atom is 0.0619 e. The first kappa shape index (κ1) is 56.0. The molecule has 0 bridgehead atoms. The molecule has 0 aliphatic heterocycles. The van der Waals surface area contributed by atoms with Crippen molar-refractivity contribution in [3.63, 3.8) is 0 Å². The van der Waals surface area contributed by atoms with E-state index in [1.54, 1.807) is 0 Å². The summed E-state index contributed by atoms with van der Waals surface area (Å²) in [7, 11) is 0. The second kappa shape index (κ2) is 20.7. The lowest BCUT2D eigenvalue weighted by atomic mass is 9.85. The second-order valence-electron chi connectivity index (χ2n) is 28.1. The van der Waals surface area contributed by atoms with Gasteiger partial charge < -0.3 is 9.13 Å². The lowest BCUT2D eigenvalue weighted by Crippen LogP contribution is -2.10. The molecule has 12 aromatic rings. The van der Waals surface area contributed by atoms with Crippen LogP contribution in [0.15, 0.2) is 206 Å². The molecule has 10 aromatic carbocycles. The highest BCUT2D eigenvalue weighted by atomic mass is 15.0. The highest BCUT2D eigenvalue weighted by Crippen LogP contribution is 2.48. The van der Waals surface area contributed by atoms with Crippen LogP contribution in [-0.4, -0.2) is 9.13 Å². The summed E-state index contributed by atoms with van der Waals surface area (Å²) >= 11 is 0. The Morgan fingerprint density at radius 2 is 0.524 bits per heavy atom. The van der Waals surface area contributed by atoms with Crippen LogP contribution in [0.1, 0.15) is 128 Å². The molecule has 2 nitrogen and oxygen atoms in total. The summed E-state index contributed by atoms with van der Waals surface area (Å²) in [6, 6.07) is 79.4. The zero-order valence-electron chi connectivity index (χ0n) is 52.5. The van der Waals surface area contributed by atoms with Gasteiger partial charge in [-0.25, -0.2) is 0 Å². The van der Waals surface area contributed by atoms with Gasteiger partial charge in [0.15, 0.2) is 0 Å². The summed E-state index contributed by atoms with van der Waals surface area (Å²) in [6.45, 7) is 36.6. The Labute approximate surface area is 500 Å². The van der Waals surface area contributed by atoms with Gasteiger partial charge in [0.2, 0.25) is 0 Å². The number of fused-ring (bicyclic) bond motifs is 3. The number of hydrogen-bond donors (Lipinski definition) is 0. The highest BCUT2D eigenvalue weighted by Gasteiger charge is 2.28. The molecule has 0 amide bonds. The standard InChI is InChI=1S/C82H82N2/c1-51-19-17-20-52(2)73(51)61-33-45-71-69(49-61)75(55-23-35-63(36-24-55)79(5,6)7)77(57-27-39-65(40-28-57)81(11,12)13)83(71)67-43-31-60-48-68(44-32-59(60)47-67)84-72-46-34-62(74-53(3)21-18-22-54(74)4)50-70(72)76(56-25-37-64(38-26-56)80(8,9)10)78(84)58-29-41-66(42-30-58)82(14,15)16/h17-50H,1-16H3. The number of hydrogen-bond acceptors (Lipinski definition) is 0. The van der Waals surface area contributed by atoms with Gasteiger partial charge in [-0.3, -0.25) is 0 Å². The molecule has 0 unspecified atom stereocenters. The van der Waals surface area contributed by atoms with Crippen molar-refractivity contribution in [2.75, 3.05) is 0 Å². The molecule has 2 aromatic heterocycles. The zero-order chi connectivity index (χ0) is 59.4. The van der Waals surface area contributed by atoms with Crippen LogP contribution in [0.3, 0.4) is 0 Å². The Bertz CT molecular complexity index is 4150. The molecule has 84 heavy (non-hydrogen) atoms. The molecule has 0 aliphatic rings. The Kier molecular flexibility index (Phi) is 13.8. The van der Waals surface area contributed by atoms with E-state index >= 15 is 0 Å². The molecule has 0 spiro atoms. The van der Waals surface area contributed by atoms with Gasteiger partial charge in [-0.1, -0.05) is 241 Å².